The summed E-state index contributed by atoms with van der Waals surface area (Å²) in [6, 6.07) is -0.699. The molecule has 0 radical (unpaired) electrons. The fourth-order valence-corrected chi connectivity index (χ4v) is 7.46. The number of allylic oxidation sites excluding steroid dienone is 2. The van der Waals surface area contributed by atoms with Crippen LogP contribution < -0.4 is 20.7 Å². The molecule has 0 spiro atoms. The minimum Gasteiger partial charge on any atom is -0.681 e. The zero-order valence-corrected chi connectivity index (χ0v) is 29.3. The number of hydrogen-bond acceptors (Lipinski definition) is 6. The molecule has 2 aromatic rings. The summed E-state index contributed by atoms with van der Waals surface area (Å²) in [5, 5.41) is 22.9. The summed E-state index contributed by atoms with van der Waals surface area (Å²) in [6.07, 6.45) is 8.26. The van der Waals surface area contributed by atoms with Crippen molar-refractivity contribution < 1.29 is 29.0 Å². The molecular weight excluding hydrogens is 609 g/mol. The summed E-state index contributed by atoms with van der Waals surface area (Å²) in [6.45, 7) is 13.7. The molecule has 47 heavy (non-hydrogen) atoms. The summed E-state index contributed by atoms with van der Waals surface area (Å²) in [4.78, 5) is 49.6. The maximum absolute atomic E-state index is 14.1. The van der Waals surface area contributed by atoms with Gasteiger partial charge in [0.05, 0.1) is 14.2 Å². The van der Waals surface area contributed by atoms with E-state index >= 15 is 0 Å². The third-order valence-corrected chi connectivity index (χ3v) is 10.2. The first-order valence-electron chi connectivity index (χ1n) is 15.6. The standard InChI is InChI=1S/C36H39N4O6.Mg/c1-9-20-16(3)23-14-26-21(10-2)19(6)36(44,40-26)15-27-17(4)22(11-12-28(41)45-7)32(39-27)30-31(35(43)46-8)34(42)29-18(5)24(38-33(29)30)13-25(20)37-23;/h10,13-15,17,22,31-32,44H,2,9,11-12H2,1,3-8H3,(H-,37,40,42);/q-3;+2/p-1/b27-15-;/t17-,22-,31+,32?,36+;/m0./s1. The Morgan fingerprint density at radius 1 is 1.09 bits per heavy atom. The number of rotatable bonds is 6. The molecule has 0 amide bonds. The predicted molar refractivity (Wildman–Crippen MR) is 179 cm³/mol. The van der Waals surface area contributed by atoms with Crippen molar-refractivity contribution in [2.24, 2.45) is 17.8 Å². The number of ketones is 1. The first kappa shape index (κ1) is 34.5. The van der Waals surface area contributed by atoms with Crippen LogP contribution in [0.15, 0.2) is 41.3 Å². The van der Waals surface area contributed by atoms with Gasteiger partial charge in [-0.2, -0.15) is 5.70 Å². The summed E-state index contributed by atoms with van der Waals surface area (Å²) in [5.74, 6) is -3.28. The normalized spacial score (nSPS) is 28.6. The number of carbonyl (C=O) groups excluding carboxylic acids is 3. The van der Waals surface area contributed by atoms with Gasteiger partial charge in [-0.05, 0) is 56.6 Å². The topological polar surface area (TPSA) is 146 Å². The first-order valence-corrected chi connectivity index (χ1v) is 15.6. The smallest absolute Gasteiger partial charge is 0.681 e. The monoisotopic (exact) mass is 646 g/mol. The van der Waals surface area contributed by atoms with Gasteiger partial charge in [0.1, 0.15) is 5.92 Å². The molecule has 5 heterocycles. The van der Waals surface area contributed by atoms with Crippen molar-refractivity contribution in [1.29, 1.82) is 0 Å². The number of nitrogens with zero attached hydrogens (tertiary/aromatic N) is 4. The maximum atomic E-state index is 14.1. The minimum atomic E-state index is -1.73. The van der Waals surface area contributed by atoms with Crippen LogP contribution in [0, 0.1) is 31.6 Å². The largest absolute Gasteiger partial charge is 2.00 e. The maximum Gasteiger partial charge on any atom is 2.00 e. The fourth-order valence-electron chi connectivity index (χ4n) is 7.46. The Bertz CT molecular complexity index is 1930. The zero-order chi connectivity index (χ0) is 33.2. The molecule has 8 bridgehead atoms. The fraction of sp³-hybridized carbons (Fsp3) is 0.417. The molecule has 0 saturated carbocycles. The molecule has 0 aromatic carbocycles. The van der Waals surface area contributed by atoms with E-state index in [0.29, 0.717) is 68.5 Å². The van der Waals surface area contributed by atoms with E-state index in [9.17, 15) is 19.5 Å². The Labute approximate surface area is 290 Å². The average molecular weight is 647 g/mol. The number of fused-ring (bicyclic) bond motifs is 8. The number of esters is 2. The molecule has 5 atom stereocenters. The van der Waals surface area contributed by atoms with Crippen molar-refractivity contribution in [2.45, 2.75) is 65.6 Å². The third-order valence-electron chi connectivity index (χ3n) is 10.2. The second-order valence-electron chi connectivity index (χ2n) is 12.4. The molecule has 1 fully saturated rings. The number of aliphatic hydroxyl groups is 1. The van der Waals surface area contributed by atoms with Crippen LogP contribution in [0.2, 0.25) is 0 Å². The van der Waals surface area contributed by atoms with Crippen LogP contribution in [0.4, 0.5) is 0 Å². The Hall–Kier alpha value is -3.80. The van der Waals surface area contributed by atoms with E-state index in [4.69, 9.17) is 30.1 Å². The molecule has 1 aliphatic carbocycles. The summed E-state index contributed by atoms with van der Waals surface area (Å²) in [7, 11) is 2.59. The number of ether oxygens (including phenoxy) is 2. The molecule has 6 rings (SSSR count). The van der Waals surface area contributed by atoms with Gasteiger partial charge in [0.25, 0.3) is 0 Å². The van der Waals surface area contributed by atoms with E-state index in [1.165, 1.54) is 14.2 Å². The third kappa shape index (κ3) is 5.32. The predicted octanol–water partition coefficient (Wildman–Crippen LogP) is 3.14. The van der Waals surface area contributed by atoms with Crippen LogP contribution in [0.3, 0.4) is 0 Å². The summed E-state index contributed by atoms with van der Waals surface area (Å²) < 4.78 is 10.1. The SMILES string of the molecule is C=CC1=C(C)[C@]2(O)/C=C3\[N-]C(C4=c5[n-]/c(c(C)c5C(=O)[C@@H]4C(=O)OC)=C\c4[n-]c(c(C)c4CC)/C=C/1[N-]2)[C@@H](CCC(=O)OC)[C@@H]3C.[Mg+2]. The molecule has 1 saturated heterocycles. The molecule has 4 aliphatic rings. The van der Waals surface area contributed by atoms with Crippen molar-refractivity contribution in [1.82, 2.24) is 9.97 Å². The molecule has 242 valence electrons. The van der Waals surface area contributed by atoms with Crippen LogP contribution in [0.1, 0.15) is 72.0 Å². The molecule has 10 nitrogen and oxygen atoms in total. The van der Waals surface area contributed by atoms with Crippen molar-refractivity contribution in [3.63, 3.8) is 0 Å². The van der Waals surface area contributed by atoms with Gasteiger partial charge in [-0.1, -0.05) is 73.0 Å². The van der Waals surface area contributed by atoms with Gasteiger partial charge in [0, 0.05) is 17.7 Å². The Morgan fingerprint density at radius 3 is 2.45 bits per heavy atom. The van der Waals surface area contributed by atoms with Crippen LogP contribution in [0.5, 0.6) is 0 Å². The minimum absolute atomic E-state index is 0. The van der Waals surface area contributed by atoms with E-state index in [0.717, 1.165) is 16.8 Å². The molecule has 1 N–H and O–H groups in total. The number of Topliss-reactive ketones (excluding diaryl/α,β-unsaturated/α-hetero) is 1. The average Bonchev–Trinajstić information content (AvgIpc) is 3.75. The zero-order valence-electron chi connectivity index (χ0n) is 27.9. The second kappa shape index (κ2) is 12.7. The number of aromatic nitrogens is 2. The second-order valence-corrected chi connectivity index (χ2v) is 12.4. The first-order chi connectivity index (χ1) is 21.9. The number of hydrogen-bond donors (Lipinski definition) is 1. The van der Waals surface area contributed by atoms with Gasteiger partial charge >= 0.3 is 35.0 Å². The van der Waals surface area contributed by atoms with Crippen molar-refractivity contribution in [3.8, 4) is 0 Å². The molecule has 1 unspecified atom stereocenters. The molecule has 11 heteroatoms. The van der Waals surface area contributed by atoms with Gasteiger partial charge in [-0.15, -0.1) is 27.8 Å². The van der Waals surface area contributed by atoms with E-state index in [-0.39, 0.29) is 53.1 Å². The van der Waals surface area contributed by atoms with Gasteiger partial charge < -0.3 is 35.2 Å². The Morgan fingerprint density at radius 2 is 1.81 bits per heavy atom. The van der Waals surface area contributed by atoms with Crippen LogP contribution >= 0.6 is 0 Å². The van der Waals surface area contributed by atoms with Crippen LogP contribution in [0.25, 0.3) is 28.4 Å². The van der Waals surface area contributed by atoms with Crippen molar-refractivity contribution in [2.75, 3.05) is 14.2 Å². The van der Waals surface area contributed by atoms with Gasteiger partial charge in [0.2, 0.25) is 0 Å². The van der Waals surface area contributed by atoms with Crippen LogP contribution in [-0.2, 0) is 25.5 Å². The summed E-state index contributed by atoms with van der Waals surface area (Å²) >= 11 is 0. The molecule has 3 aliphatic heterocycles. The Balaban J connectivity index is 0.00000433. The Kier molecular flexibility index (Phi) is 9.30. The van der Waals surface area contributed by atoms with Gasteiger partial charge in [-0.25, -0.2) is 0 Å². The van der Waals surface area contributed by atoms with Crippen LogP contribution in [-0.4, -0.2) is 71.9 Å². The van der Waals surface area contributed by atoms with Crippen molar-refractivity contribution >= 4 is 58.5 Å². The van der Waals surface area contributed by atoms with E-state index in [1.54, 1.807) is 12.2 Å². The van der Waals surface area contributed by atoms with Crippen molar-refractivity contribution in [3.05, 3.63) is 96.2 Å². The van der Waals surface area contributed by atoms with E-state index in [2.05, 4.69) is 13.5 Å². The van der Waals surface area contributed by atoms with Gasteiger partial charge in [0.15, 0.2) is 5.78 Å². The van der Waals surface area contributed by atoms with E-state index < -0.39 is 23.7 Å². The molecular formula is C36H38MgN4O6-2. The number of carbonyl (C=O) groups is 3. The van der Waals surface area contributed by atoms with E-state index in [1.807, 2.05) is 39.8 Å². The quantitative estimate of drug-likeness (QED) is 0.286. The van der Waals surface area contributed by atoms with Gasteiger partial charge in [-0.3, -0.25) is 14.4 Å². The molecule has 2 aromatic heterocycles. The number of methoxy groups -OCH3 is 2. The summed E-state index contributed by atoms with van der Waals surface area (Å²) in [5.41, 5.74) is 5.59.